The first kappa shape index (κ1) is 25.5. The lowest BCUT2D eigenvalue weighted by Crippen LogP contribution is -2.30. The Morgan fingerprint density at radius 3 is 2.75 bits per heavy atom. The molecule has 11 nitrogen and oxygen atoms in total. The van der Waals surface area contributed by atoms with Gasteiger partial charge in [-0.25, -0.2) is 15.3 Å². The Labute approximate surface area is 229 Å². The van der Waals surface area contributed by atoms with Crippen LogP contribution in [-0.2, 0) is 28.8 Å². The van der Waals surface area contributed by atoms with E-state index in [1.54, 1.807) is 11.5 Å². The number of aryl methyl sites for hydroxylation is 2. The summed E-state index contributed by atoms with van der Waals surface area (Å²) in [5, 5.41) is 6.19. The number of pyridine rings is 1. The highest BCUT2D eigenvalue weighted by atomic mass is 16.6. The highest BCUT2D eigenvalue weighted by molar-refractivity contribution is 5.96. The first-order valence-electron chi connectivity index (χ1n) is 13.2. The molecule has 3 N–H and O–H groups in total. The summed E-state index contributed by atoms with van der Waals surface area (Å²) in [6.45, 7) is 2.36. The molecular weight excluding hydrogens is 512 g/mol. The second-order valence-corrected chi connectivity index (χ2v) is 9.81. The van der Waals surface area contributed by atoms with Crippen molar-refractivity contribution in [3.63, 3.8) is 0 Å². The van der Waals surface area contributed by atoms with E-state index < -0.39 is 17.4 Å². The summed E-state index contributed by atoms with van der Waals surface area (Å²) in [4.78, 5) is 51.5. The number of amides is 2. The molecule has 0 saturated carbocycles. The third kappa shape index (κ3) is 5.10. The molecular formula is C29H28N6O5. The van der Waals surface area contributed by atoms with Crippen molar-refractivity contribution >= 4 is 34.7 Å². The lowest BCUT2D eigenvalue weighted by Gasteiger charge is -2.15. The monoisotopic (exact) mass is 540 g/mol. The van der Waals surface area contributed by atoms with Crippen LogP contribution in [0.5, 0.6) is 0 Å². The van der Waals surface area contributed by atoms with Crippen LogP contribution >= 0.6 is 0 Å². The van der Waals surface area contributed by atoms with Crippen molar-refractivity contribution in [3.8, 4) is 5.69 Å². The van der Waals surface area contributed by atoms with E-state index in [1.165, 1.54) is 23.5 Å². The van der Waals surface area contributed by atoms with Gasteiger partial charge in [0.15, 0.2) is 5.65 Å². The fraction of sp³-hybridized carbons (Fsp3) is 0.276. The quantitative estimate of drug-likeness (QED) is 0.290. The summed E-state index contributed by atoms with van der Waals surface area (Å²) in [6.07, 6.45) is 6.34. The van der Waals surface area contributed by atoms with E-state index in [1.807, 2.05) is 30.3 Å². The maximum absolute atomic E-state index is 13.3. The van der Waals surface area contributed by atoms with Crippen molar-refractivity contribution < 1.29 is 19.2 Å². The number of nitrogens with one attached hydrogen (secondary N) is 3. The van der Waals surface area contributed by atoms with Gasteiger partial charge < -0.3 is 19.9 Å². The molecule has 1 saturated heterocycles. The van der Waals surface area contributed by atoms with E-state index in [0.29, 0.717) is 24.6 Å². The Morgan fingerprint density at radius 2 is 1.98 bits per heavy atom. The molecule has 0 bridgehead atoms. The fourth-order valence-electron chi connectivity index (χ4n) is 5.10. The maximum atomic E-state index is 13.3. The molecule has 6 rings (SSSR count). The van der Waals surface area contributed by atoms with Crippen molar-refractivity contribution in [1.29, 1.82) is 0 Å². The van der Waals surface area contributed by atoms with E-state index in [0.717, 1.165) is 36.2 Å². The number of ether oxygens (including phenoxy) is 1. The number of nitrogens with zero attached hydrogens (tertiary/aromatic N) is 3. The first-order valence-corrected chi connectivity index (χ1v) is 13.2. The number of alkyl carbamates (subject to hydrolysis) is 1. The number of fused-ring (bicyclic) bond motifs is 2. The topological polar surface area (TPSA) is 136 Å². The molecule has 1 atom stereocenters. The van der Waals surface area contributed by atoms with Crippen LogP contribution < -0.4 is 21.5 Å². The third-order valence-electron chi connectivity index (χ3n) is 7.09. The molecule has 1 aliphatic carbocycles. The Balaban J connectivity index is 1.34. The molecule has 2 aromatic heterocycles. The van der Waals surface area contributed by atoms with Crippen molar-refractivity contribution in [2.75, 3.05) is 18.5 Å². The van der Waals surface area contributed by atoms with Gasteiger partial charge in [-0.3, -0.25) is 14.4 Å². The minimum atomic E-state index is -0.630. The summed E-state index contributed by atoms with van der Waals surface area (Å²) in [6, 6.07) is 13.8. The highest BCUT2D eigenvalue weighted by Gasteiger charge is 2.22. The van der Waals surface area contributed by atoms with Crippen molar-refractivity contribution in [1.82, 2.24) is 25.3 Å². The van der Waals surface area contributed by atoms with Crippen LogP contribution in [-0.4, -0.2) is 45.8 Å². The Morgan fingerprint density at radius 1 is 1.15 bits per heavy atom. The molecule has 0 unspecified atom stereocenters. The van der Waals surface area contributed by atoms with Gasteiger partial charge in [0, 0.05) is 23.8 Å². The molecule has 4 aromatic rings. The summed E-state index contributed by atoms with van der Waals surface area (Å²) < 4.78 is 6.71. The van der Waals surface area contributed by atoms with Gasteiger partial charge in [0.05, 0.1) is 18.0 Å². The second-order valence-electron chi connectivity index (χ2n) is 9.81. The number of anilines is 2. The smallest absolute Gasteiger partial charge is 0.407 e. The average Bonchev–Trinajstić information content (AvgIpc) is 3.61. The predicted octanol–water partition coefficient (Wildman–Crippen LogP) is 3.35. The van der Waals surface area contributed by atoms with Gasteiger partial charge in [0.1, 0.15) is 12.2 Å². The van der Waals surface area contributed by atoms with Crippen molar-refractivity contribution in [2.45, 2.75) is 38.6 Å². The van der Waals surface area contributed by atoms with Crippen LogP contribution in [0.4, 0.5) is 16.4 Å². The van der Waals surface area contributed by atoms with Crippen LogP contribution in [0, 0.1) is 0 Å². The average molecular weight is 541 g/mol. The fourth-order valence-corrected chi connectivity index (χ4v) is 5.10. The van der Waals surface area contributed by atoms with Crippen LogP contribution in [0.15, 0.2) is 59.7 Å². The minimum absolute atomic E-state index is 0.0495. The van der Waals surface area contributed by atoms with Crippen LogP contribution in [0.2, 0.25) is 0 Å². The summed E-state index contributed by atoms with van der Waals surface area (Å²) in [7, 11) is 0. The lowest BCUT2D eigenvalue weighted by molar-refractivity contribution is 0.0363. The number of benzene rings is 2. The van der Waals surface area contributed by atoms with Crippen molar-refractivity contribution in [2.24, 2.45) is 0 Å². The Hall–Kier alpha value is -4.77. The van der Waals surface area contributed by atoms with E-state index in [-0.39, 0.29) is 23.6 Å². The van der Waals surface area contributed by atoms with Crippen LogP contribution in [0.3, 0.4) is 0 Å². The Kier molecular flexibility index (Phi) is 6.87. The SMILES string of the molecule is CCONC(=O)c1cn(-c2ccc3c(c2)CCC3)c2nc(Nc3ccc(C[C@H]4COC(=O)N4)cc3)ncc2c1=O. The largest absolute Gasteiger partial charge is 0.447 e. The zero-order valence-corrected chi connectivity index (χ0v) is 21.9. The number of cyclic esters (lactones) is 1. The molecule has 1 fully saturated rings. The molecule has 2 amide bonds. The molecule has 204 valence electrons. The zero-order chi connectivity index (χ0) is 27.6. The van der Waals surface area contributed by atoms with E-state index in [2.05, 4.69) is 33.2 Å². The highest BCUT2D eigenvalue weighted by Crippen LogP contribution is 2.26. The van der Waals surface area contributed by atoms with Crippen LogP contribution in [0.1, 0.15) is 40.4 Å². The summed E-state index contributed by atoms with van der Waals surface area (Å²) in [5.74, 6) is -0.327. The van der Waals surface area contributed by atoms with Gasteiger partial charge in [-0.15, -0.1) is 0 Å². The number of aromatic nitrogens is 3. The number of carbonyl (C=O) groups is 2. The van der Waals surface area contributed by atoms with Gasteiger partial charge in [0.25, 0.3) is 5.91 Å². The molecule has 0 spiro atoms. The normalized spacial score (nSPS) is 15.9. The third-order valence-corrected chi connectivity index (χ3v) is 7.09. The molecule has 2 aliphatic rings. The zero-order valence-electron chi connectivity index (χ0n) is 21.9. The standard InChI is InChI=1S/C29H28N6O5/c1-2-40-34-27(37)24-15-35(22-11-8-18-4-3-5-19(18)13-22)26-23(25(24)36)14-30-28(33-26)31-20-9-6-17(7-10-20)12-21-16-39-29(38)32-21/h6-11,13-15,21H,2-5,12,16H2,1H3,(H,32,38)(H,34,37)(H,30,31,33)/t21-/m0/s1. The molecule has 2 aromatic carbocycles. The van der Waals surface area contributed by atoms with E-state index in [4.69, 9.17) is 14.6 Å². The van der Waals surface area contributed by atoms with Crippen molar-refractivity contribution in [3.05, 3.63) is 87.3 Å². The molecule has 3 heterocycles. The number of carbonyl (C=O) groups excluding carboxylic acids is 2. The van der Waals surface area contributed by atoms with Crippen LogP contribution in [0.25, 0.3) is 16.7 Å². The van der Waals surface area contributed by atoms with E-state index >= 15 is 0 Å². The molecule has 1 aliphatic heterocycles. The maximum Gasteiger partial charge on any atom is 0.407 e. The molecule has 11 heteroatoms. The molecule has 0 radical (unpaired) electrons. The number of hydrogen-bond acceptors (Lipinski definition) is 8. The second kappa shape index (κ2) is 10.8. The molecule has 40 heavy (non-hydrogen) atoms. The predicted molar refractivity (Wildman–Crippen MR) is 148 cm³/mol. The van der Waals surface area contributed by atoms with E-state index in [9.17, 15) is 14.4 Å². The summed E-state index contributed by atoms with van der Waals surface area (Å²) in [5.41, 5.74) is 7.31. The van der Waals surface area contributed by atoms with Gasteiger partial charge >= 0.3 is 6.09 Å². The number of hydrogen-bond donors (Lipinski definition) is 3. The minimum Gasteiger partial charge on any atom is -0.447 e. The Bertz CT molecular complexity index is 1670. The number of hydroxylamine groups is 1. The van der Waals surface area contributed by atoms with Gasteiger partial charge in [-0.2, -0.15) is 4.98 Å². The van der Waals surface area contributed by atoms with Gasteiger partial charge in [-0.1, -0.05) is 18.2 Å². The lowest BCUT2D eigenvalue weighted by atomic mass is 10.1. The summed E-state index contributed by atoms with van der Waals surface area (Å²) >= 11 is 0. The van der Waals surface area contributed by atoms with Gasteiger partial charge in [0.2, 0.25) is 11.4 Å². The van der Waals surface area contributed by atoms with Gasteiger partial charge in [-0.05, 0) is 73.6 Å². The number of rotatable bonds is 8. The first-order chi connectivity index (χ1) is 19.5.